The molecule has 0 aromatic heterocycles. The van der Waals surface area contributed by atoms with E-state index in [4.69, 9.17) is 4.74 Å². The first-order chi connectivity index (χ1) is 20.1. The van der Waals surface area contributed by atoms with Gasteiger partial charge in [0.15, 0.2) is 0 Å². The zero-order valence-corrected chi connectivity index (χ0v) is 23.8. The second-order valence-corrected chi connectivity index (χ2v) is 10.6. The molecular formula is C30H37N5O7. The smallest absolute Gasteiger partial charge is 0.255 e. The molecule has 0 bridgehead atoms. The first-order valence-corrected chi connectivity index (χ1v) is 14.0. The summed E-state index contributed by atoms with van der Waals surface area (Å²) in [7, 11) is 1.52. The van der Waals surface area contributed by atoms with E-state index in [2.05, 4.69) is 16.0 Å². The van der Waals surface area contributed by atoms with E-state index in [1.165, 1.54) is 18.9 Å². The summed E-state index contributed by atoms with van der Waals surface area (Å²) in [4.78, 5) is 67.5. The van der Waals surface area contributed by atoms with Gasteiger partial charge in [-0.3, -0.25) is 24.0 Å². The third-order valence-electron chi connectivity index (χ3n) is 7.30. The van der Waals surface area contributed by atoms with Crippen molar-refractivity contribution < 1.29 is 33.8 Å². The number of nitrogens with one attached hydrogen (secondary N) is 3. The number of aliphatic hydroxyl groups is 1. The fourth-order valence-corrected chi connectivity index (χ4v) is 4.84. The van der Waals surface area contributed by atoms with E-state index >= 15 is 0 Å². The highest BCUT2D eigenvalue weighted by Gasteiger charge is 2.32. The number of likely N-dealkylation sites (N-methyl/N-ethyl adjacent to an activating group) is 1. The van der Waals surface area contributed by atoms with Crippen molar-refractivity contribution in [2.45, 2.75) is 57.5 Å². The predicted octanol–water partition coefficient (Wildman–Crippen LogP) is 0.330. The number of benzene rings is 2. The van der Waals surface area contributed by atoms with Gasteiger partial charge >= 0.3 is 0 Å². The Morgan fingerprint density at radius 1 is 1.05 bits per heavy atom. The molecule has 2 aromatic carbocycles. The Labute approximate surface area is 244 Å². The number of nitrogens with zero attached hydrogens (tertiary/aromatic N) is 2. The van der Waals surface area contributed by atoms with Crippen molar-refractivity contribution >= 4 is 29.5 Å². The molecule has 0 saturated carbocycles. The molecule has 12 heteroatoms. The van der Waals surface area contributed by atoms with Gasteiger partial charge in [0.25, 0.3) is 5.91 Å². The third kappa shape index (κ3) is 7.84. The fourth-order valence-electron chi connectivity index (χ4n) is 4.84. The van der Waals surface area contributed by atoms with Gasteiger partial charge in [-0.1, -0.05) is 36.4 Å². The standard InChI is InChI=1S/C30H37N5O7/c1-19(36)27-30(41)34(2)14-15-42-24-7-4-3-6-22(24)28(39)32-23(16-25(37)33-27)29(40)31-17-20-9-11-21(12-10-20)18-35-13-5-8-26(35)38/h3-4,6-7,9-12,19,23,27,36H,5,8,13-18H2,1-2H3,(H,31,40)(H,32,39)(H,33,37)/t19-,23+,27+/m1/s1. The van der Waals surface area contributed by atoms with E-state index in [0.717, 1.165) is 24.1 Å². The van der Waals surface area contributed by atoms with E-state index in [0.29, 0.717) is 13.0 Å². The van der Waals surface area contributed by atoms with Crippen molar-refractivity contribution in [2.75, 3.05) is 26.7 Å². The quantitative estimate of drug-likeness (QED) is 0.384. The van der Waals surface area contributed by atoms with Gasteiger partial charge in [-0.05, 0) is 36.6 Å². The molecule has 4 N–H and O–H groups in total. The van der Waals surface area contributed by atoms with Crippen LogP contribution in [-0.4, -0.2) is 89.4 Å². The molecule has 0 spiro atoms. The fraction of sp³-hybridized carbons (Fsp3) is 0.433. The average Bonchev–Trinajstić information content (AvgIpc) is 3.37. The lowest BCUT2D eigenvalue weighted by atomic mass is 10.1. The SMILES string of the molecule is C[C@@H](O)[C@@H]1NC(=O)C[C@@H](C(=O)NCc2ccc(CN3CCCC3=O)cc2)NC(=O)c2ccccc2OCCN(C)C1=O. The van der Waals surface area contributed by atoms with Crippen molar-refractivity contribution in [2.24, 2.45) is 0 Å². The van der Waals surface area contributed by atoms with E-state index < -0.39 is 48.2 Å². The highest BCUT2D eigenvalue weighted by atomic mass is 16.5. The summed E-state index contributed by atoms with van der Waals surface area (Å²) in [6.45, 7) is 3.00. The van der Waals surface area contributed by atoms with Gasteiger partial charge in [-0.2, -0.15) is 0 Å². The second-order valence-electron chi connectivity index (χ2n) is 10.6. The van der Waals surface area contributed by atoms with Crippen LogP contribution in [0.2, 0.25) is 0 Å². The Morgan fingerprint density at radius 3 is 2.45 bits per heavy atom. The maximum absolute atomic E-state index is 13.3. The molecule has 2 aromatic rings. The molecule has 0 unspecified atom stereocenters. The maximum atomic E-state index is 13.3. The van der Waals surface area contributed by atoms with Crippen molar-refractivity contribution in [3.8, 4) is 5.75 Å². The lowest BCUT2D eigenvalue weighted by Gasteiger charge is -2.28. The zero-order chi connectivity index (χ0) is 30.2. The molecule has 224 valence electrons. The third-order valence-corrected chi connectivity index (χ3v) is 7.30. The molecule has 3 atom stereocenters. The molecule has 2 aliphatic heterocycles. The molecular weight excluding hydrogens is 542 g/mol. The summed E-state index contributed by atoms with van der Waals surface area (Å²) in [5.41, 5.74) is 1.94. The summed E-state index contributed by atoms with van der Waals surface area (Å²) in [5.74, 6) is -2.01. The number of fused-ring (bicyclic) bond motifs is 1. The van der Waals surface area contributed by atoms with Gasteiger partial charge in [0.05, 0.1) is 24.6 Å². The Balaban J connectivity index is 1.48. The van der Waals surface area contributed by atoms with Crippen LogP contribution in [0.1, 0.15) is 47.7 Å². The van der Waals surface area contributed by atoms with E-state index in [1.807, 2.05) is 29.2 Å². The number of rotatable bonds is 6. The molecule has 0 radical (unpaired) electrons. The first-order valence-electron chi connectivity index (χ1n) is 14.0. The Morgan fingerprint density at radius 2 is 1.76 bits per heavy atom. The Hall–Kier alpha value is -4.45. The lowest BCUT2D eigenvalue weighted by molar-refractivity contribution is -0.139. The summed E-state index contributed by atoms with van der Waals surface area (Å²) in [6, 6.07) is 11.4. The number of para-hydroxylation sites is 1. The van der Waals surface area contributed by atoms with Gasteiger partial charge in [-0.15, -0.1) is 0 Å². The van der Waals surface area contributed by atoms with Crippen molar-refractivity contribution in [1.29, 1.82) is 0 Å². The normalized spacial score (nSPS) is 21.0. The van der Waals surface area contributed by atoms with Crippen LogP contribution in [0, 0.1) is 0 Å². The molecule has 42 heavy (non-hydrogen) atoms. The van der Waals surface area contributed by atoms with Gasteiger partial charge < -0.3 is 35.6 Å². The number of carbonyl (C=O) groups excluding carboxylic acids is 5. The highest BCUT2D eigenvalue weighted by Crippen LogP contribution is 2.19. The van der Waals surface area contributed by atoms with Crippen molar-refractivity contribution in [1.82, 2.24) is 25.8 Å². The topological polar surface area (TPSA) is 157 Å². The van der Waals surface area contributed by atoms with Crippen LogP contribution in [0.25, 0.3) is 0 Å². The first kappa shape index (κ1) is 30.5. The summed E-state index contributed by atoms with van der Waals surface area (Å²) >= 11 is 0. The van der Waals surface area contributed by atoms with E-state index in [-0.39, 0.29) is 36.9 Å². The number of hydrogen-bond donors (Lipinski definition) is 4. The molecule has 2 aliphatic rings. The lowest BCUT2D eigenvalue weighted by Crippen LogP contribution is -2.55. The molecule has 2 heterocycles. The van der Waals surface area contributed by atoms with Crippen LogP contribution in [-0.2, 0) is 32.3 Å². The van der Waals surface area contributed by atoms with Crippen LogP contribution in [0.15, 0.2) is 48.5 Å². The molecule has 0 aliphatic carbocycles. The van der Waals surface area contributed by atoms with Crippen LogP contribution >= 0.6 is 0 Å². The minimum Gasteiger partial charge on any atom is -0.491 e. The van der Waals surface area contributed by atoms with Gasteiger partial charge in [0.2, 0.25) is 23.6 Å². The molecule has 1 saturated heterocycles. The molecule has 4 rings (SSSR count). The number of aliphatic hydroxyl groups excluding tert-OH is 1. The van der Waals surface area contributed by atoms with Crippen LogP contribution < -0.4 is 20.7 Å². The minimum absolute atomic E-state index is 0.0596. The number of amides is 5. The molecule has 12 nitrogen and oxygen atoms in total. The largest absolute Gasteiger partial charge is 0.491 e. The van der Waals surface area contributed by atoms with Crippen LogP contribution in [0.4, 0.5) is 0 Å². The van der Waals surface area contributed by atoms with Crippen LogP contribution in [0.3, 0.4) is 0 Å². The molecule has 5 amide bonds. The summed E-state index contributed by atoms with van der Waals surface area (Å²) < 4.78 is 5.77. The van der Waals surface area contributed by atoms with Gasteiger partial charge in [-0.25, -0.2) is 0 Å². The number of hydrogen-bond acceptors (Lipinski definition) is 7. The minimum atomic E-state index is -1.28. The average molecular weight is 580 g/mol. The van der Waals surface area contributed by atoms with Crippen molar-refractivity contribution in [3.63, 3.8) is 0 Å². The van der Waals surface area contributed by atoms with Crippen molar-refractivity contribution in [3.05, 3.63) is 65.2 Å². The summed E-state index contributed by atoms with van der Waals surface area (Å²) in [6.07, 6.45) is -0.230. The Kier molecular flexibility index (Phi) is 10.1. The maximum Gasteiger partial charge on any atom is 0.255 e. The molecule has 1 fully saturated rings. The van der Waals surface area contributed by atoms with E-state index in [9.17, 15) is 29.1 Å². The number of ether oxygens (including phenoxy) is 1. The Bertz CT molecular complexity index is 1310. The van der Waals surface area contributed by atoms with E-state index in [1.54, 1.807) is 24.3 Å². The monoisotopic (exact) mass is 579 g/mol. The zero-order valence-electron chi connectivity index (χ0n) is 23.8. The number of likely N-dealkylation sites (tertiary alicyclic amines) is 1. The van der Waals surface area contributed by atoms with Crippen LogP contribution in [0.5, 0.6) is 5.75 Å². The highest BCUT2D eigenvalue weighted by molar-refractivity contribution is 6.01. The number of carbonyl (C=O) groups is 5. The van der Waals surface area contributed by atoms with Gasteiger partial charge in [0, 0.05) is 33.1 Å². The summed E-state index contributed by atoms with van der Waals surface area (Å²) in [5, 5.41) is 18.1. The second kappa shape index (κ2) is 13.9. The van der Waals surface area contributed by atoms with Gasteiger partial charge in [0.1, 0.15) is 24.4 Å². The predicted molar refractivity (Wildman–Crippen MR) is 152 cm³/mol.